The zero-order chi connectivity index (χ0) is 12.3. The molecule has 4 heteroatoms. The summed E-state index contributed by atoms with van der Waals surface area (Å²) in [4.78, 5) is 7.96. The summed E-state index contributed by atoms with van der Waals surface area (Å²) < 4.78 is 0. The molecule has 2 rings (SSSR count). The van der Waals surface area contributed by atoms with Gasteiger partial charge in [-0.1, -0.05) is 29.5 Å². The van der Waals surface area contributed by atoms with Crippen molar-refractivity contribution < 1.29 is 0 Å². The molecule has 0 fully saturated rings. The molecule has 2 aromatic rings. The van der Waals surface area contributed by atoms with Crippen molar-refractivity contribution in [1.82, 2.24) is 4.98 Å². The number of anilines is 2. The molecule has 0 saturated heterocycles. The van der Waals surface area contributed by atoms with E-state index in [2.05, 4.69) is 28.9 Å². The molecule has 0 spiro atoms. The number of hydrogen-bond acceptors (Lipinski definition) is 4. The Balaban J connectivity index is 2.35. The van der Waals surface area contributed by atoms with Gasteiger partial charge in [-0.25, -0.2) is 4.98 Å². The van der Waals surface area contributed by atoms with Gasteiger partial charge >= 0.3 is 0 Å². The van der Waals surface area contributed by atoms with E-state index in [9.17, 15) is 0 Å². The van der Waals surface area contributed by atoms with E-state index in [0.717, 1.165) is 22.2 Å². The van der Waals surface area contributed by atoms with Crippen molar-refractivity contribution >= 4 is 22.2 Å². The van der Waals surface area contributed by atoms with Crippen LogP contribution in [0.1, 0.15) is 17.5 Å². The van der Waals surface area contributed by atoms with Gasteiger partial charge in [0, 0.05) is 23.7 Å². The third-order valence-corrected chi connectivity index (χ3v) is 3.88. The minimum atomic E-state index is 0.565. The van der Waals surface area contributed by atoms with Crippen LogP contribution in [0.25, 0.3) is 0 Å². The fourth-order valence-electron chi connectivity index (χ4n) is 1.75. The van der Waals surface area contributed by atoms with Crippen LogP contribution in [0, 0.1) is 6.92 Å². The van der Waals surface area contributed by atoms with Crippen LogP contribution < -0.4 is 10.6 Å². The fraction of sp³-hybridized carbons (Fsp3) is 0.308. The van der Waals surface area contributed by atoms with Crippen molar-refractivity contribution in [2.24, 2.45) is 5.73 Å². The Morgan fingerprint density at radius 2 is 2.00 bits per heavy atom. The molecular formula is C13H17N3S. The van der Waals surface area contributed by atoms with Crippen molar-refractivity contribution in [1.29, 1.82) is 0 Å². The number of nitrogens with two attached hydrogens (primary N) is 1. The molecule has 0 unspecified atom stereocenters. The summed E-state index contributed by atoms with van der Waals surface area (Å²) in [7, 11) is 0. The van der Waals surface area contributed by atoms with Gasteiger partial charge in [-0.3, -0.25) is 0 Å². The fourth-order valence-corrected chi connectivity index (χ4v) is 2.78. The molecular weight excluding hydrogens is 230 g/mol. The van der Waals surface area contributed by atoms with E-state index in [4.69, 9.17) is 5.73 Å². The zero-order valence-corrected chi connectivity index (χ0v) is 11.0. The van der Waals surface area contributed by atoms with Crippen LogP contribution in [0.2, 0.25) is 0 Å². The Hall–Kier alpha value is -1.39. The molecule has 1 aromatic heterocycles. The summed E-state index contributed by atoms with van der Waals surface area (Å²) in [5.74, 6) is 0. The van der Waals surface area contributed by atoms with Crippen LogP contribution >= 0.6 is 11.3 Å². The highest BCUT2D eigenvalue weighted by atomic mass is 32.1. The lowest BCUT2D eigenvalue weighted by molar-refractivity contribution is 0.997. The van der Waals surface area contributed by atoms with Gasteiger partial charge in [-0.05, 0) is 26.0 Å². The standard InChI is InChI=1S/C13H17N3S/c1-3-16(11-7-5-4-6-8-11)13-15-10(2)12(9-14)17-13/h4-8H,3,9,14H2,1-2H3. The number of nitrogens with zero attached hydrogens (tertiary/aromatic N) is 2. The van der Waals surface area contributed by atoms with E-state index < -0.39 is 0 Å². The first-order valence-corrected chi connectivity index (χ1v) is 6.56. The van der Waals surface area contributed by atoms with E-state index in [1.54, 1.807) is 11.3 Å². The molecule has 1 heterocycles. The van der Waals surface area contributed by atoms with Crippen LogP contribution in [0.5, 0.6) is 0 Å². The molecule has 0 aliphatic carbocycles. The van der Waals surface area contributed by atoms with E-state index in [-0.39, 0.29) is 0 Å². The summed E-state index contributed by atoms with van der Waals surface area (Å²) in [5.41, 5.74) is 7.91. The number of para-hydroxylation sites is 1. The van der Waals surface area contributed by atoms with Crippen molar-refractivity contribution in [3.8, 4) is 0 Å². The minimum Gasteiger partial charge on any atom is -0.326 e. The maximum absolute atomic E-state index is 5.70. The molecule has 90 valence electrons. The van der Waals surface area contributed by atoms with Crippen LogP contribution in [-0.4, -0.2) is 11.5 Å². The Morgan fingerprint density at radius 3 is 2.53 bits per heavy atom. The summed E-state index contributed by atoms with van der Waals surface area (Å²) in [5, 5.41) is 1.02. The van der Waals surface area contributed by atoms with E-state index in [0.29, 0.717) is 6.54 Å². The predicted octanol–water partition coefficient (Wildman–Crippen LogP) is 3.07. The normalized spacial score (nSPS) is 10.5. The Kier molecular flexibility index (Phi) is 3.76. The smallest absolute Gasteiger partial charge is 0.190 e. The molecule has 0 bridgehead atoms. The molecule has 0 amide bonds. The van der Waals surface area contributed by atoms with Gasteiger partial charge in [-0.15, -0.1) is 0 Å². The quantitative estimate of drug-likeness (QED) is 0.903. The largest absolute Gasteiger partial charge is 0.326 e. The SMILES string of the molecule is CCN(c1ccccc1)c1nc(C)c(CN)s1. The highest BCUT2D eigenvalue weighted by molar-refractivity contribution is 7.15. The van der Waals surface area contributed by atoms with Gasteiger partial charge in [0.25, 0.3) is 0 Å². The van der Waals surface area contributed by atoms with Crippen molar-refractivity contribution in [3.63, 3.8) is 0 Å². The third kappa shape index (κ3) is 2.48. The second-order valence-corrected chi connectivity index (χ2v) is 4.85. The molecule has 0 aliphatic rings. The van der Waals surface area contributed by atoms with Gasteiger partial charge in [0.15, 0.2) is 5.13 Å². The second-order valence-electron chi connectivity index (χ2n) is 3.79. The first-order chi connectivity index (χ1) is 8.26. The molecule has 2 N–H and O–H groups in total. The third-order valence-electron chi connectivity index (χ3n) is 2.68. The van der Waals surface area contributed by atoms with Crippen LogP contribution in [0.3, 0.4) is 0 Å². The monoisotopic (exact) mass is 247 g/mol. The zero-order valence-electron chi connectivity index (χ0n) is 10.2. The molecule has 1 aromatic carbocycles. The number of thiazole rings is 1. The summed E-state index contributed by atoms with van der Waals surface area (Å²) in [6.07, 6.45) is 0. The minimum absolute atomic E-state index is 0.565. The van der Waals surface area contributed by atoms with Gasteiger partial charge in [-0.2, -0.15) is 0 Å². The van der Waals surface area contributed by atoms with Crippen molar-refractivity contribution in [2.75, 3.05) is 11.4 Å². The van der Waals surface area contributed by atoms with Gasteiger partial charge in [0.05, 0.1) is 5.69 Å². The lowest BCUT2D eigenvalue weighted by Gasteiger charge is -2.19. The van der Waals surface area contributed by atoms with Gasteiger partial charge in [0.1, 0.15) is 0 Å². The molecule has 0 saturated carbocycles. The van der Waals surface area contributed by atoms with Crippen molar-refractivity contribution in [2.45, 2.75) is 20.4 Å². The van der Waals surface area contributed by atoms with Gasteiger partial charge in [0.2, 0.25) is 0 Å². The molecule has 3 nitrogen and oxygen atoms in total. The van der Waals surface area contributed by atoms with Crippen LogP contribution in [-0.2, 0) is 6.54 Å². The summed E-state index contributed by atoms with van der Waals surface area (Å²) >= 11 is 1.68. The van der Waals surface area contributed by atoms with Crippen molar-refractivity contribution in [3.05, 3.63) is 40.9 Å². The van der Waals surface area contributed by atoms with E-state index in [1.807, 2.05) is 25.1 Å². The number of aryl methyl sites for hydroxylation is 1. The topological polar surface area (TPSA) is 42.2 Å². The highest BCUT2D eigenvalue weighted by Gasteiger charge is 2.13. The first-order valence-electron chi connectivity index (χ1n) is 5.75. The second kappa shape index (κ2) is 5.29. The van der Waals surface area contributed by atoms with E-state index >= 15 is 0 Å². The number of aromatic nitrogens is 1. The number of benzene rings is 1. The average Bonchev–Trinajstić information content (AvgIpc) is 2.73. The summed E-state index contributed by atoms with van der Waals surface area (Å²) in [6, 6.07) is 10.3. The Bertz CT molecular complexity index is 479. The molecule has 0 atom stereocenters. The highest BCUT2D eigenvalue weighted by Crippen LogP contribution is 2.30. The average molecular weight is 247 g/mol. The molecule has 17 heavy (non-hydrogen) atoms. The van der Waals surface area contributed by atoms with Crippen LogP contribution in [0.4, 0.5) is 10.8 Å². The maximum atomic E-state index is 5.70. The summed E-state index contributed by atoms with van der Waals surface area (Å²) in [6.45, 7) is 5.61. The maximum Gasteiger partial charge on any atom is 0.190 e. The van der Waals surface area contributed by atoms with Gasteiger partial charge < -0.3 is 10.6 Å². The van der Waals surface area contributed by atoms with E-state index in [1.165, 1.54) is 5.69 Å². The Morgan fingerprint density at radius 1 is 1.29 bits per heavy atom. The molecule has 0 aliphatic heterocycles. The number of rotatable bonds is 4. The lowest BCUT2D eigenvalue weighted by Crippen LogP contribution is -2.15. The first kappa shape index (κ1) is 12.1. The van der Waals surface area contributed by atoms with Crippen LogP contribution in [0.15, 0.2) is 30.3 Å². The number of hydrogen-bond donors (Lipinski definition) is 1. The molecule has 0 radical (unpaired) electrons. The predicted molar refractivity (Wildman–Crippen MR) is 73.9 cm³/mol. The Labute approximate surface area is 106 Å². The lowest BCUT2D eigenvalue weighted by atomic mass is 10.3.